The van der Waals surface area contributed by atoms with Crippen molar-refractivity contribution in [3.8, 4) is 5.75 Å². The highest BCUT2D eigenvalue weighted by atomic mass is 79.9. The second-order valence-corrected chi connectivity index (χ2v) is 5.58. The molecule has 0 aromatic heterocycles. The fourth-order valence-corrected chi connectivity index (χ4v) is 2.22. The Balaban J connectivity index is 2.26. The molecule has 0 aliphatic heterocycles. The normalized spacial score (nSPS) is 10.7. The Labute approximate surface area is 132 Å². The van der Waals surface area contributed by atoms with E-state index in [0.29, 0.717) is 0 Å². The lowest BCUT2D eigenvalue weighted by molar-refractivity contribution is 0.294. The van der Waals surface area contributed by atoms with Gasteiger partial charge in [-0.05, 0) is 34.1 Å². The highest BCUT2D eigenvalue weighted by molar-refractivity contribution is 9.10. The third-order valence-electron chi connectivity index (χ3n) is 2.56. The fraction of sp³-hybridized carbons (Fsp3) is 0.0769. The van der Waals surface area contributed by atoms with Crippen LogP contribution >= 0.6 is 39.1 Å². The number of anilines is 1. The molecule has 20 heavy (non-hydrogen) atoms. The number of rotatable bonds is 3. The van der Waals surface area contributed by atoms with Crippen molar-refractivity contribution in [2.45, 2.75) is 6.61 Å². The predicted molar refractivity (Wildman–Crippen MR) is 79.3 cm³/mol. The number of benzene rings is 2. The van der Waals surface area contributed by atoms with Crippen LogP contribution in [0.5, 0.6) is 5.75 Å². The van der Waals surface area contributed by atoms with Crippen LogP contribution in [0.3, 0.4) is 0 Å². The summed E-state index contributed by atoms with van der Waals surface area (Å²) < 4.78 is 32.8. The Bertz CT molecular complexity index is 667. The average molecular weight is 383 g/mol. The van der Waals surface area contributed by atoms with Crippen molar-refractivity contribution in [2.75, 3.05) is 5.73 Å². The molecule has 0 saturated heterocycles. The maximum absolute atomic E-state index is 13.8. The van der Waals surface area contributed by atoms with Crippen LogP contribution in [-0.4, -0.2) is 0 Å². The first-order valence-corrected chi connectivity index (χ1v) is 6.94. The molecule has 2 aromatic rings. The zero-order valence-electron chi connectivity index (χ0n) is 9.89. The molecule has 0 saturated carbocycles. The first kappa shape index (κ1) is 15.4. The van der Waals surface area contributed by atoms with Crippen LogP contribution < -0.4 is 10.5 Å². The summed E-state index contributed by atoms with van der Waals surface area (Å²) in [6.07, 6.45) is 0. The van der Waals surface area contributed by atoms with Gasteiger partial charge >= 0.3 is 0 Å². The molecule has 0 fully saturated rings. The van der Waals surface area contributed by atoms with Crippen molar-refractivity contribution < 1.29 is 13.5 Å². The molecule has 0 radical (unpaired) electrons. The zero-order valence-corrected chi connectivity index (χ0v) is 13.0. The van der Waals surface area contributed by atoms with Gasteiger partial charge in [0.15, 0.2) is 0 Å². The first-order valence-electron chi connectivity index (χ1n) is 5.40. The van der Waals surface area contributed by atoms with Crippen LogP contribution in [-0.2, 0) is 6.61 Å². The third kappa shape index (κ3) is 3.16. The van der Waals surface area contributed by atoms with E-state index in [9.17, 15) is 8.78 Å². The van der Waals surface area contributed by atoms with E-state index in [-0.39, 0.29) is 38.1 Å². The topological polar surface area (TPSA) is 35.2 Å². The summed E-state index contributed by atoms with van der Waals surface area (Å²) in [7, 11) is 0. The summed E-state index contributed by atoms with van der Waals surface area (Å²) in [5.41, 5.74) is 5.72. The molecule has 2 rings (SSSR count). The largest absolute Gasteiger partial charge is 0.486 e. The Kier molecular flexibility index (Phi) is 4.73. The number of hydrogen-bond donors (Lipinski definition) is 1. The lowest BCUT2D eigenvalue weighted by atomic mass is 10.2. The molecule has 0 heterocycles. The zero-order chi connectivity index (χ0) is 14.9. The van der Waals surface area contributed by atoms with Gasteiger partial charge in [-0.15, -0.1) is 0 Å². The molecule has 2 aromatic carbocycles. The summed E-state index contributed by atoms with van der Waals surface area (Å²) in [5.74, 6) is -1.22. The molecule has 7 heteroatoms. The number of halogens is 5. The first-order chi connectivity index (χ1) is 9.40. The molecule has 2 nitrogen and oxygen atoms in total. The van der Waals surface area contributed by atoms with Gasteiger partial charge in [0.2, 0.25) is 0 Å². The van der Waals surface area contributed by atoms with E-state index < -0.39 is 11.6 Å². The van der Waals surface area contributed by atoms with Gasteiger partial charge in [0.1, 0.15) is 24.0 Å². The molecule has 0 unspecified atom stereocenters. The van der Waals surface area contributed by atoms with Crippen molar-refractivity contribution in [3.05, 3.63) is 56.0 Å². The Morgan fingerprint density at radius 3 is 2.50 bits per heavy atom. The molecule has 106 valence electrons. The molecular formula is C13H8BrCl2F2NO. The maximum Gasteiger partial charge on any atom is 0.146 e. The standard InChI is InChI=1S/C13H8BrCl2F2NO/c14-7-1-2-10(17)6(13(7)18)5-20-12-4-9(16)8(15)3-11(12)19/h1-4H,5,19H2. The van der Waals surface area contributed by atoms with Gasteiger partial charge in [-0.3, -0.25) is 0 Å². The number of nitrogen functional groups attached to an aromatic ring is 1. The number of nitrogens with two attached hydrogens (primary N) is 1. The van der Waals surface area contributed by atoms with Crippen LogP contribution in [0.25, 0.3) is 0 Å². The van der Waals surface area contributed by atoms with Crippen molar-refractivity contribution in [3.63, 3.8) is 0 Å². The fourth-order valence-electron chi connectivity index (χ4n) is 1.52. The maximum atomic E-state index is 13.8. The van der Waals surface area contributed by atoms with Crippen molar-refractivity contribution in [2.24, 2.45) is 0 Å². The summed E-state index contributed by atoms with van der Waals surface area (Å²) in [4.78, 5) is 0. The van der Waals surface area contributed by atoms with E-state index in [1.165, 1.54) is 18.2 Å². The van der Waals surface area contributed by atoms with Crippen LogP contribution in [0.2, 0.25) is 10.0 Å². The summed E-state index contributed by atoms with van der Waals surface area (Å²) >= 11 is 14.6. The second-order valence-electron chi connectivity index (χ2n) is 3.91. The minimum absolute atomic E-state index is 0.152. The monoisotopic (exact) mass is 381 g/mol. The Morgan fingerprint density at radius 1 is 1.15 bits per heavy atom. The minimum atomic E-state index is -0.719. The lowest BCUT2D eigenvalue weighted by Crippen LogP contribution is -2.04. The van der Waals surface area contributed by atoms with Gasteiger partial charge in [0, 0.05) is 6.07 Å². The minimum Gasteiger partial charge on any atom is -0.486 e. The van der Waals surface area contributed by atoms with Gasteiger partial charge in [-0.1, -0.05) is 23.2 Å². The molecule has 0 spiro atoms. The van der Waals surface area contributed by atoms with Gasteiger partial charge in [-0.25, -0.2) is 8.78 Å². The average Bonchev–Trinajstić information content (AvgIpc) is 2.40. The van der Waals surface area contributed by atoms with E-state index in [4.69, 9.17) is 33.7 Å². The van der Waals surface area contributed by atoms with Crippen molar-refractivity contribution in [1.29, 1.82) is 0 Å². The van der Waals surface area contributed by atoms with Gasteiger partial charge in [0.05, 0.1) is 25.8 Å². The molecule has 0 aliphatic carbocycles. The van der Waals surface area contributed by atoms with Crippen molar-refractivity contribution in [1.82, 2.24) is 0 Å². The predicted octanol–water partition coefficient (Wildman–Crippen LogP) is 5.20. The van der Waals surface area contributed by atoms with Crippen molar-refractivity contribution >= 4 is 44.8 Å². The van der Waals surface area contributed by atoms with Crippen LogP contribution in [0, 0.1) is 11.6 Å². The molecule has 0 bridgehead atoms. The quantitative estimate of drug-likeness (QED) is 0.585. The van der Waals surface area contributed by atoms with Crippen LogP contribution in [0.4, 0.5) is 14.5 Å². The van der Waals surface area contributed by atoms with Gasteiger partial charge in [-0.2, -0.15) is 0 Å². The molecular weight excluding hydrogens is 375 g/mol. The van der Waals surface area contributed by atoms with Gasteiger partial charge in [0.25, 0.3) is 0 Å². The van der Waals surface area contributed by atoms with E-state index in [1.807, 2.05) is 0 Å². The van der Waals surface area contributed by atoms with Crippen LogP contribution in [0.1, 0.15) is 5.56 Å². The lowest BCUT2D eigenvalue weighted by Gasteiger charge is -2.12. The molecule has 0 aliphatic rings. The highest BCUT2D eigenvalue weighted by Crippen LogP contribution is 2.33. The van der Waals surface area contributed by atoms with E-state index in [2.05, 4.69) is 15.9 Å². The summed E-state index contributed by atoms with van der Waals surface area (Å²) in [6.45, 7) is -0.320. The number of hydrogen-bond acceptors (Lipinski definition) is 2. The molecule has 2 N–H and O–H groups in total. The SMILES string of the molecule is Nc1cc(Cl)c(Cl)cc1OCc1c(F)ccc(Br)c1F. The van der Waals surface area contributed by atoms with Gasteiger partial charge < -0.3 is 10.5 Å². The molecule has 0 amide bonds. The third-order valence-corrected chi connectivity index (χ3v) is 3.90. The molecule has 0 atom stereocenters. The second kappa shape index (κ2) is 6.16. The van der Waals surface area contributed by atoms with Crippen LogP contribution in [0.15, 0.2) is 28.7 Å². The highest BCUT2D eigenvalue weighted by Gasteiger charge is 2.14. The Morgan fingerprint density at radius 2 is 1.80 bits per heavy atom. The van der Waals surface area contributed by atoms with E-state index in [0.717, 1.165) is 6.07 Å². The summed E-state index contributed by atoms with van der Waals surface area (Å²) in [5, 5.41) is 0.516. The van der Waals surface area contributed by atoms with E-state index in [1.54, 1.807) is 0 Å². The number of ether oxygens (including phenoxy) is 1. The Hall–Kier alpha value is -1.04. The summed E-state index contributed by atoms with van der Waals surface area (Å²) in [6, 6.07) is 5.23. The van der Waals surface area contributed by atoms with E-state index >= 15 is 0 Å². The smallest absolute Gasteiger partial charge is 0.146 e.